The molecular weight excluding hydrogens is 272 g/mol. The van der Waals surface area contributed by atoms with Crippen LogP contribution in [-0.2, 0) is 12.0 Å². The van der Waals surface area contributed by atoms with Crippen LogP contribution in [0.25, 0.3) is 0 Å². The second-order valence-electron chi connectivity index (χ2n) is 7.83. The van der Waals surface area contributed by atoms with Crippen molar-refractivity contribution in [2.45, 2.75) is 78.7 Å². The van der Waals surface area contributed by atoms with Gasteiger partial charge in [-0.15, -0.1) is 6.58 Å². The summed E-state index contributed by atoms with van der Waals surface area (Å²) < 4.78 is 5.87. The molecule has 0 fully saturated rings. The Labute approximate surface area is 135 Å². The van der Waals surface area contributed by atoms with E-state index in [0.717, 1.165) is 55.6 Å². The molecule has 0 saturated heterocycles. The molecule has 124 valence electrons. The summed E-state index contributed by atoms with van der Waals surface area (Å²) in [5.74, 6) is 2.16. The van der Waals surface area contributed by atoms with Crippen molar-refractivity contribution in [2.24, 2.45) is 11.3 Å². The van der Waals surface area contributed by atoms with Gasteiger partial charge in [0.2, 0.25) is 0 Å². The molecule has 2 nitrogen and oxygen atoms in total. The molecule has 1 aliphatic rings. The van der Waals surface area contributed by atoms with E-state index >= 15 is 0 Å². The smallest absolute Gasteiger partial charge is 0.110 e. The number of allylic oxidation sites excluding steroid dienone is 1. The van der Waals surface area contributed by atoms with Gasteiger partial charge in [-0.05, 0) is 56.9 Å². The molecule has 0 aliphatic heterocycles. The average molecular weight is 304 g/mol. The molecule has 0 amide bonds. The zero-order valence-corrected chi connectivity index (χ0v) is 15.0. The van der Waals surface area contributed by atoms with E-state index in [1.165, 1.54) is 5.57 Å². The van der Waals surface area contributed by atoms with Gasteiger partial charge in [-0.25, -0.2) is 0 Å². The van der Waals surface area contributed by atoms with Crippen molar-refractivity contribution in [1.82, 2.24) is 0 Å². The maximum absolute atomic E-state index is 11.9. The van der Waals surface area contributed by atoms with Crippen LogP contribution in [0.5, 0.6) is 0 Å². The summed E-state index contributed by atoms with van der Waals surface area (Å²) in [5, 5.41) is 11.9. The van der Waals surface area contributed by atoms with E-state index in [1.807, 2.05) is 6.92 Å². The fraction of sp³-hybridized carbons (Fsp3) is 0.700. The van der Waals surface area contributed by atoms with Crippen LogP contribution in [0.4, 0.5) is 0 Å². The van der Waals surface area contributed by atoms with Gasteiger partial charge in [0.25, 0.3) is 0 Å². The van der Waals surface area contributed by atoms with Gasteiger partial charge in [0.15, 0.2) is 0 Å². The van der Waals surface area contributed by atoms with Crippen molar-refractivity contribution in [3.63, 3.8) is 0 Å². The summed E-state index contributed by atoms with van der Waals surface area (Å²) in [6, 6.07) is 2.07. The standard InChI is InChI=1S/C20H32O2/c1-7-8-16(10-9-14(2)3)20(21)17-13-15(4)22-18(17)11-12-19(20,5)6/h13,16,21H,2,7-12H2,1,3-6H3. The highest BCUT2D eigenvalue weighted by molar-refractivity contribution is 5.34. The average Bonchev–Trinajstić information content (AvgIpc) is 2.81. The van der Waals surface area contributed by atoms with Crippen molar-refractivity contribution in [2.75, 3.05) is 0 Å². The maximum atomic E-state index is 11.9. The Bertz CT molecular complexity index is 538. The normalized spacial score (nSPS) is 24.8. The Hall–Kier alpha value is -1.02. The zero-order chi connectivity index (χ0) is 16.5. The predicted octanol–water partition coefficient (Wildman–Crippen LogP) is 5.52. The third-order valence-electron chi connectivity index (χ3n) is 5.50. The molecular formula is C20H32O2. The highest BCUT2D eigenvalue weighted by atomic mass is 16.3. The summed E-state index contributed by atoms with van der Waals surface area (Å²) in [6.45, 7) is 14.7. The molecule has 2 unspecified atom stereocenters. The van der Waals surface area contributed by atoms with Gasteiger partial charge in [-0.2, -0.15) is 0 Å². The molecule has 2 heteroatoms. The van der Waals surface area contributed by atoms with Gasteiger partial charge in [0, 0.05) is 12.0 Å². The van der Waals surface area contributed by atoms with E-state index in [0.29, 0.717) is 0 Å². The molecule has 1 N–H and O–H groups in total. The van der Waals surface area contributed by atoms with E-state index in [9.17, 15) is 5.11 Å². The number of hydrogen-bond donors (Lipinski definition) is 1. The summed E-state index contributed by atoms with van der Waals surface area (Å²) >= 11 is 0. The Morgan fingerprint density at radius 1 is 1.41 bits per heavy atom. The van der Waals surface area contributed by atoms with E-state index < -0.39 is 5.60 Å². The first-order valence-electron chi connectivity index (χ1n) is 8.69. The molecule has 0 saturated carbocycles. The molecule has 0 aromatic carbocycles. The van der Waals surface area contributed by atoms with E-state index in [2.05, 4.69) is 40.3 Å². The van der Waals surface area contributed by atoms with E-state index in [4.69, 9.17) is 4.42 Å². The van der Waals surface area contributed by atoms with Crippen LogP contribution in [-0.4, -0.2) is 5.11 Å². The highest BCUT2D eigenvalue weighted by Crippen LogP contribution is 2.55. The van der Waals surface area contributed by atoms with Crippen LogP contribution >= 0.6 is 0 Å². The summed E-state index contributed by atoms with van der Waals surface area (Å²) in [6.07, 6.45) is 6.00. The first kappa shape index (κ1) is 17.3. The molecule has 0 radical (unpaired) electrons. The van der Waals surface area contributed by atoms with Gasteiger partial charge >= 0.3 is 0 Å². The minimum Gasteiger partial charge on any atom is -0.466 e. The molecule has 1 heterocycles. The number of hydrogen-bond acceptors (Lipinski definition) is 2. The number of fused-ring (bicyclic) bond motifs is 1. The molecule has 2 atom stereocenters. The second-order valence-corrected chi connectivity index (χ2v) is 7.83. The van der Waals surface area contributed by atoms with Crippen molar-refractivity contribution in [3.05, 3.63) is 35.3 Å². The second kappa shape index (κ2) is 6.23. The van der Waals surface area contributed by atoms with Gasteiger partial charge in [0.1, 0.15) is 17.1 Å². The molecule has 22 heavy (non-hydrogen) atoms. The molecule has 1 aromatic heterocycles. The molecule has 2 rings (SSSR count). The lowest BCUT2D eigenvalue weighted by atomic mass is 9.57. The van der Waals surface area contributed by atoms with Crippen LogP contribution in [0.1, 0.15) is 76.9 Å². The van der Waals surface area contributed by atoms with E-state index in [-0.39, 0.29) is 11.3 Å². The topological polar surface area (TPSA) is 33.4 Å². The van der Waals surface area contributed by atoms with Gasteiger partial charge in [-0.1, -0.05) is 32.8 Å². The predicted molar refractivity (Wildman–Crippen MR) is 91.9 cm³/mol. The number of aliphatic hydroxyl groups is 1. The third kappa shape index (κ3) is 2.90. The minimum absolute atomic E-state index is 0.134. The molecule has 0 spiro atoms. The molecule has 0 bridgehead atoms. The van der Waals surface area contributed by atoms with Gasteiger partial charge in [-0.3, -0.25) is 0 Å². The molecule has 1 aliphatic carbocycles. The zero-order valence-electron chi connectivity index (χ0n) is 15.0. The quantitative estimate of drug-likeness (QED) is 0.702. The van der Waals surface area contributed by atoms with Crippen molar-refractivity contribution in [1.29, 1.82) is 0 Å². The Morgan fingerprint density at radius 3 is 2.68 bits per heavy atom. The first-order chi connectivity index (χ1) is 10.2. The fourth-order valence-electron chi connectivity index (χ4n) is 4.16. The monoisotopic (exact) mass is 304 g/mol. The third-order valence-corrected chi connectivity index (χ3v) is 5.50. The van der Waals surface area contributed by atoms with Gasteiger partial charge in [0.05, 0.1) is 0 Å². The highest BCUT2D eigenvalue weighted by Gasteiger charge is 2.53. The first-order valence-corrected chi connectivity index (χ1v) is 8.69. The lowest BCUT2D eigenvalue weighted by molar-refractivity contribution is -0.136. The van der Waals surface area contributed by atoms with Gasteiger partial charge < -0.3 is 9.52 Å². The lowest BCUT2D eigenvalue weighted by Gasteiger charge is -2.50. The minimum atomic E-state index is -0.802. The van der Waals surface area contributed by atoms with Crippen molar-refractivity contribution in [3.8, 4) is 0 Å². The fourth-order valence-corrected chi connectivity index (χ4v) is 4.16. The Morgan fingerprint density at radius 2 is 2.09 bits per heavy atom. The largest absolute Gasteiger partial charge is 0.466 e. The SMILES string of the molecule is C=C(C)CCC(CCC)C1(O)c2cc(C)oc2CCC1(C)C. The van der Waals surface area contributed by atoms with Crippen LogP contribution in [0, 0.1) is 18.3 Å². The van der Waals surface area contributed by atoms with Crippen molar-refractivity contribution < 1.29 is 9.52 Å². The molecule has 1 aromatic rings. The van der Waals surface area contributed by atoms with Crippen LogP contribution in [0.15, 0.2) is 22.6 Å². The number of aryl methyl sites for hydroxylation is 2. The van der Waals surface area contributed by atoms with E-state index in [1.54, 1.807) is 0 Å². The Balaban J connectivity index is 2.46. The lowest BCUT2D eigenvalue weighted by Crippen LogP contribution is -2.50. The van der Waals surface area contributed by atoms with Crippen molar-refractivity contribution >= 4 is 0 Å². The number of rotatable bonds is 6. The van der Waals surface area contributed by atoms with Crippen LogP contribution in [0.2, 0.25) is 0 Å². The summed E-state index contributed by atoms with van der Waals surface area (Å²) in [5.41, 5.74) is 1.30. The van der Waals surface area contributed by atoms with Crippen LogP contribution in [0.3, 0.4) is 0 Å². The Kier molecular flexibility index (Phi) is 4.91. The summed E-state index contributed by atoms with van der Waals surface area (Å²) in [7, 11) is 0. The number of furan rings is 1. The maximum Gasteiger partial charge on any atom is 0.110 e. The summed E-state index contributed by atoms with van der Waals surface area (Å²) in [4.78, 5) is 0. The van der Waals surface area contributed by atoms with Crippen LogP contribution < -0.4 is 0 Å².